The van der Waals surface area contributed by atoms with E-state index < -0.39 is 46.6 Å². The first-order chi connectivity index (χ1) is 15.1. The van der Waals surface area contributed by atoms with Crippen molar-refractivity contribution in [3.05, 3.63) is 68.4 Å². The van der Waals surface area contributed by atoms with Gasteiger partial charge < -0.3 is 14.5 Å². The zero-order valence-electron chi connectivity index (χ0n) is 16.0. The van der Waals surface area contributed by atoms with Gasteiger partial charge in [0.05, 0.1) is 35.4 Å². The Bertz CT molecular complexity index is 1160. The summed E-state index contributed by atoms with van der Waals surface area (Å²) in [6, 6.07) is 6.05. The van der Waals surface area contributed by atoms with Gasteiger partial charge in [-0.15, -0.1) is 0 Å². The third kappa shape index (κ3) is 4.82. The van der Waals surface area contributed by atoms with Crippen LogP contribution in [0.25, 0.3) is 0 Å². The van der Waals surface area contributed by atoms with Crippen molar-refractivity contribution in [2.24, 2.45) is 0 Å². The fraction of sp³-hybridized carbons (Fsp3) is 0.222. The van der Waals surface area contributed by atoms with Crippen molar-refractivity contribution in [2.45, 2.75) is 19.4 Å². The number of non-ortho nitro benzene ring substituents is 1. The Morgan fingerprint density at radius 2 is 2.00 bits per heavy atom. The van der Waals surface area contributed by atoms with E-state index in [4.69, 9.17) is 20.8 Å². The molecule has 2 aromatic heterocycles. The maximum Gasteiger partial charge on any atom is 0.291 e. The molecule has 14 heteroatoms. The molecule has 0 saturated heterocycles. The van der Waals surface area contributed by atoms with E-state index in [1.807, 2.05) is 0 Å². The molecule has 0 atom stereocenters. The first-order valence-corrected chi connectivity index (χ1v) is 9.04. The van der Waals surface area contributed by atoms with E-state index in [-0.39, 0.29) is 28.6 Å². The molecule has 3 aromatic rings. The van der Waals surface area contributed by atoms with Crippen molar-refractivity contribution in [2.75, 3.05) is 12.4 Å². The van der Waals surface area contributed by atoms with Gasteiger partial charge in [-0.25, -0.2) is 17.6 Å². The Hall–Kier alpha value is -3.61. The number of hydrogen-bond acceptors (Lipinski definition) is 6. The number of nitrogens with zero attached hydrogens (tertiary/aromatic N) is 3. The number of nitrogens with one attached hydrogen (secondary N) is 1. The molecule has 0 fully saturated rings. The molecule has 1 aromatic carbocycles. The summed E-state index contributed by atoms with van der Waals surface area (Å²) in [6.07, 6.45) is -6.34. The summed E-state index contributed by atoms with van der Waals surface area (Å²) in [6.45, 7) is -0.496. The van der Waals surface area contributed by atoms with Crippen LogP contribution in [0.4, 0.5) is 28.9 Å². The lowest BCUT2D eigenvalue weighted by Gasteiger charge is -2.07. The van der Waals surface area contributed by atoms with Gasteiger partial charge in [0.15, 0.2) is 5.76 Å². The number of anilines is 1. The number of carbonyl (C=O) groups excluding carboxylic acids is 1. The Labute approximate surface area is 181 Å². The van der Waals surface area contributed by atoms with Crippen LogP contribution in [0.3, 0.4) is 0 Å². The van der Waals surface area contributed by atoms with Crippen molar-refractivity contribution >= 4 is 28.9 Å². The lowest BCUT2D eigenvalue weighted by atomic mass is 10.2. The molecule has 0 radical (unpaired) electrons. The number of benzene rings is 1. The van der Waals surface area contributed by atoms with Gasteiger partial charge >= 0.3 is 0 Å². The number of furan rings is 1. The zero-order valence-corrected chi connectivity index (χ0v) is 16.8. The monoisotopic (exact) mass is 476 g/mol. The second-order valence-corrected chi connectivity index (χ2v) is 6.62. The second-order valence-electron chi connectivity index (χ2n) is 6.24. The minimum atomic E-state index is -3.18. The normalized spacial score (nSPS) is 11.2. The summed E-state index contributed by atoms with van der Waals surface area (Å²) in [5.74, 6) is -0.996. The van der Waals surface area contributed by atoms with E-state index in [2.05, 4.69) is 10.4 Å². The van der Waals surface area contributed by atoms with Crippen LogP contribution >= 0.6 is 11.6 Å². The number of methoxy groups -OCH3 is 1. The number of halogens is 5. The zero-order chi connectivity index (χ0) is 23.6. The topological polar surface area (TPSA) is 112 Å². The van der Waals surface area contributed by atoms with Gasteiger partial charge in [-0.3, -0.25) is 19.6 Å². The van der Waals surface area contributed by atoms with Crippen LogP contribution in [0, 0.1) is 10.1 Å². The van der Waals surface area contributed by atoms with E-state index in [9.17, 15) is 32.5 Å². The molecule has 170 valence electrons. The van der Waals surface area contributed by atoms with Crippen LogP contribution in [-0.4, -0.2) is 27.7 Å². The quantitative estimate of drug-likeness (QED) is 0.271. The van der Waals surface area contributed by atoms with Crippen LogP contribution in [0.15, 0.2) is 34.7 Å². The number of carbonyl (C=O) groups is 1. The lowest BCUT2D eigenvalue weighted by Crippen LogP contribution is -2.11. The maximum absolute atomic E-state index is 13.3. The number of ether oxygens (including phenoxy) is 1. The highest BCUT2D eigenvalue weighted by Gasteiger charge is 2.28. The molecule has 0 saturated carbocycles. The third-order valence-electron chi connectivity index (χ3n) is 4.16. The number of alkyl halides is 4. The predicted octanol–water partition coefficient (Wildman–Crippen LogP) is 5.22. The van der Waals surface area contributed by atoms with E-state index >= 15 is 0 Å². The first kappa shape index (κ1) is 23.1. The summed E-state index contributed by atoms with van der Waals surface area (Å²) in [7, 11) is 1.29. The molecular formula is C18H13ClF4N4O5. The molecule has 0 unspecified atom stereocenters. The van der Waals surface area contributed by atoms with Crippen LogP contribution in [-0.2, 0) is 6.54 Å². The standard InChI is InChI=1S/C18H13ClF4N4O5/c1-31-11-5-8(4-9(6-11)27(29)30)24-18(28)12-3-2-10(32-12)7-26-15(17(22)23)13(19)14(25-26)16(20)21/h2-6,16-17H,7H2,1H3,(H,24,28). The van der Waals surface area contributed by atoms with Crippen molar-refractivity contribution in [3.63, 3.8) is 0 Å². The van der Waals surface area contributed by atoms with E-state index in [1.165, 1.54) is 25.3 Å². The number of nitro benzene ring substituents is 1. The molecular weight excluding hydrogens is 464 g/mol. The molecule has 9 nitrogen and oxygen atoms in total. The highest BCUT2D eigenvalue weighted by atomic mass is 35.5. The van der Waals surface area contributed by atoms with Gasteiger partial charge in [-0.1, -0.05) is 11.6 Å². The van der Waals surface area contributed by atoms with Crippen molar-refractivity contribution in [1.82, 2.24) is 9.78 Å². The SMILES string of the molecule is COc1cc(NC(=O)c2ccc(Cn3nc(C(F)F)c(Cl)c3C(F)F)o2)cc([N+](=O)[O-])c1. The van der Waals surface area contributed by atoms with Gasteiger partial charge in [0.25, 0.3) is 24.4 Å². The predicted molar refractivity (Wildman–Crippen MR) is 103 cm³/mol. The van der Waals surface area contributed by atoms with E-state index in [1.54, 1.807) is 0 Å². The Kier molecular flexibility index (Phi) is 6.67. The van der Waals surface area contributed by atoms with Crippen molar-refractivity contribution < 1.29 is 36.4 Å². The lowest BCUT2D eigenvalue weighted by molar-refractivity contribution is -0.384. The molecule has 1 amide bonds. The van der Waals surface area contributed by atoms with E-state index in [0.717, 1.165) is 12.1 Å². The second kappa shape index (κ2) is 9.26. The highest BCUT2D eigenvalue weighted by molar-refractivity contribution is 6.32. The van der Waals surface area contributed by atoms with Gasteiger partial charge in [0.1, 0.15) is 22.9 Å². The minimum Gasteiger partial charge on any atom is -0.496 e. The number of amides is 1. The van der Waals surface area contributed by atoms with Crippen LogP contribution in [0.2, 0.25) is 5.02 Å². The average Bonchev–Trinajstić information content (AvgIpc) is 3.32. The van der Waals surface area contributed by atoms with Crippen LogP contribution < -0.4 is 10.1 Å². The average molecular weight is 477 g/mol. The summed E-state index contributed by atoms with van der Waals surface area (Å²) in [5, 5.41) is 15.9. The Morgan fingerprint density at radius 1 is 1.28 bits per heavy atom. The fourth-order valence-electron chi connectivity index (χ4n) is 2.74. The van der Waals surface area contributed by atoms with Crippen LogP contribution in [0.1, 0.15) is 40.6 Å². The fourth-order valence-corrected chi connectivity index (χ4v) is 3.05. The largest absolute Gasteiger partial charge is 0.496 e. The maximum atomic E-state index is 13.3. The van der Waals surface area contributed by atoms with Crippen molar-refractivity contribution in [3.8, 4) is 5.75 Å². The number of hydrogen-bond donors (Lipinski definition) is 1. The third-order valence-corrected chi connectivity index (χ3v) is 4.54. The van der Waals surface area contributed by atoms with E-state index in [0.29, 0.717) is 4.68 Å². The molecule has 0 aliphatic heterocycles. The highest BCUT2D eigenvalue weighted by Crippen LogP contribution is 2.35. The molecule has 2 heterocycles. The number of aromatic nitrogens is 2. The molecule has 0 aliphatic rings. The molecule has 0 spiro atoms. The van der Waals surface area contributed by atoms with Crippen LogP contribution in [0.5, 0.6) is 5.75 Å². The van der Waals surface area contributed by atoms with Gasteiger partial charge in [0.2, 0.25) is 0 Å². The summed E-state index contributed by atoms with van der Waals surface area (Å²) >= 11 is 5.60. The van der Waals surface area contributed by atoms with Gasteiger partial charge in [0, 0.05) is 12.1 Å². The molecule has 3 rings (SSSR count). The molecule has 0 bridgehead atoms. The summed E-state index contributed by atoms with van der Waals surface area (Å²) < 4.78 is 63.2. The first-order valence-electron chi connectivity index (χ1n) is 8.66. The summed E-state index contributed by atoms with van der Waals surface area (Å²) in [4.78, 5) is 22.7. The number of nitro groups is 1. The Balaban J connectivity index is 1.81. The van der Waals surface area contributed by atoms with Gasteiger partial charge in [-0.2, -0.15) is 5.10 Å². The summed E-state index contributed by atoms with van der Waals surface area (Å²) in [5.41, 5.74) is -2.19. The van der Waals surface area contributed by atoms with Gasteiger partial charge in [-0.05, 0) is 12.1 Å². The van der Waals surface area contributed by atoms with Crippen molar-refractivity contribution in [1.29, 1.82) is 0 Å². The smallest absolute Gasteiger partial charge is 0.291 e. The number of rotatable bonds is 8. The Morgan fingerprint density at radius 3 is 2.59 bits per heavy atom. The molecule has 0 aliphatic carbocycles. The molecule has 32 heavy (non-hydrogen) atoms. The molecule has 1 N–H and O–H groups in total. The minimum absolute atomic E-state index is 0.0411.